The van der Waals surface area contributed by atoms with E-state index in [1.165, 1.54) is 35.2 Å². The molecule has 184 valence electrons. The number of rotatable bonds is 6. The van der Waals surface area contributed by atoms with Crippen molar-refractivity contribution in [3.8, 4) is 11.3 Å². The van der Waals surface area contributed by atoms with Crippen LogP contribution in [0.4, 0.5) is 0 Å². The monoisotopic (exact) mass is 472 g/mol. The number of nitrogens with zero attached hydrogens (tertiary/aromatic N) is 5. The van der Waals surface area contributed by atoms with E-state index in [-0.39, 0.29) is 0 Å². The number of nitrogens with one attached hydrogen (secondary N) is 1. The van der Waals surface area contributed by atoms with Crippen LogP contribution < -0.4 is 0 Å². The minimum atomic E-state index is 0.330. The predicted molar refractivity (Wildman–Crippen MR) is 139 cm³/mol. The van der Waals surface area contributed by atoms with Crippen LogP contribution in [0.5, 0.6) is 0 Å². The largest absolute Gasteiger partial charge is 0.380 e. The second-order valence-electron chi connectivity index (χ2n) is 11.6. The van der Waals surface area contributed by atoms with Crippen molar-refractivity contribution in [2.45, 2.75) is 65.3 Å². The van der Waals surface area contributed by atoms with Gasteiger partial charge < -0.3 is 14.6 Å². The molecule has 35 heavy (non-hydrogen) atoms. The van der Waals surface area contributed by atoms with Crippen LogP contribution in [0.3, 0.4) is 0 Å². The smallest absolute Gasteiger partial charge is 0.158 e. The predicted octanol–water partition coefficient (Wildman–Crippen LogP) is 5.23. The summed E-state index contributed by atoms with van der Waals surface area (Å²) in [6, 6.07) is 5.10. The van der Waals surface area contributed by atoms with Crippen LogP contribution in [0.15, 0.2) is 24.7 Å². The molecule has 2 aliphatic rings. The molecule has 0 atom stereocenters. The van der Waals surface area contributed by atoms with Crippen LogP contribution in [-0.4, -0.2) is 62.3 Å². The zero-order valence-corrected chi connectivity index (χ0v) is 21.7. The number of H-pyrrole nitrogens is 1. The van der Waals surface area contributed by atoms with E-state index in [0.29, 0.717) is 23.3 Å². The molecule has 0 aromatic carbocycles. The summed E-state index contributed by atoms with van der Waals surface area (Å²) >= 11 is 0. The molecule has 7 heteroatoms. The fraction of sp³-hybridized carbons (Fsp3) is 0.536. The first-order valence-electron chi connectivity index (χ1n) is 12.8. The number of hydrogen-bond donors (Lipinski definition) is 1. The number of pyridine rings is 2. The Labute approximate surface area is 206 Å². The van der Waals surface area contributed by atoms with Crippen LogP contribution in [0.2, 0.25) is 0 Å². The molecule has 6 rings (SSSR count). The number of ether oxygens (including phenoxy) is 1. The van der Waals surface area contributed by atoms with E-state index in [9.17, 15) is 0 Å². The lowest BCUT2D eigenvalue weighted by molar-refractivity contribution is -0.119. The molecule has 0 radical (unpaired) electrons. The summed E-state index contributed by atoms with van der Waals surface area (Å²) in [5.41, 5.74) is 10.7. The van der Waals surface area contributed by atoms with Crippen molar-refractivity contribution in [3.05, 3.63) is 47.0 Å². The van der Waals surface area contributed by atoms with Gasteiger partial charge in [0.2, 0.25) is 0 Å². The standard InChI is InChI=1S/C28H36N6O/c1-16(2)24-25(21-11-34-27(29-15-30-34)18(4)17(21)3)32-23-8-7-22(31-26(23)24)19-9-20(10-19)33(6)12-28(5)13-35-14-28/h7-8,11,15-16,19-20,32H,9-10,12-14H2,1-6H3. The number of hydrogen-bond acceptors (Lipinski definition) is 5. The van der Waals surface area contributed by atoms with Gasteiger partial charge in [0.15, 0.2) is 5.65 Å². The summed E-state index contributed by atoms with van der Waals surface area (Å²) in [5, 5.41) is 4.41. The van der Waals surface area contributed by atoms with E-state index in [1.54, 1.807) is 6.33 Å². The summed E-state index contributed by atoms with van der Waals surface area (Å²) in [7, 11) is 2.27. The van der Waals surface area contributed by atoms with E-state index < -0.39 is 0 Å². The Hall–Kier alpha value is -2.77. The molecule has 2 fully saturated rings. The fourth-order valence-corrected chi connectivity index (χ4v) is 6.02. The molecule has 1 saturated heterocycles. The lowest BCUT2D eigenvalue weighted by Gasteiger charge is -2.47. The van der Waals surface area contributed by atoms with Gasteiger partial charge in [-0.15, -0.1) is 0 Å². The highest BCUT2D eigenvalue weighted by Gasteiger charge is 2.40. The summed E-state index contributed by atoms with van der Waals surface area (Å²) < 4.78 is 7.33. The molecule has 1 N–H and O–H groups in total. The zero-order chi connectivity index (χ0) is 24.5. The highest BCUT2D eigenvalue weighted by atomic mass is 16.5. The second-order valence-corrected chi connectivity index (χ2v) is 11.6. The Bertz CT molecular complexity index is 1410. The van der Waals surface area contributed by atoms with Gasteiger partial charge in [0.1, 0.15) is 6.33 Å². The molecule has 5 heterocycles. The zero-order valence-electron chi connectivity index (χ0n) is 21.7. The summed E-state index contributed by atoms with van der Waals surface area (Å²) in [6.07, 6.45) is 6.09. The van der Waals surface area contributed by atoms with Gasteiger partial charge in [-0.3, -0.25) is 4.98 Å². The van der Waals surface area contributed by atoms with Gasteiger partial charge in [0, 0.05) is 46.9 Å². The molecule has 0 bridgehead atoms. The van der Waals surface area contributed by atoms with Gasteiger partial charge in [0.25, 0.3) is 0 Å². The molecule has 1 aliphatic heterocycles. The number of aromatic amines is 1. The van der Waals surface area contributed by atoms with Crippen molar-refractivity contribution < 1.29 is 4.74 Å². The lowest BCUT2D eigenvalue weighted by atomic mass is 9.76. The number of fused-ring (bicyclic) bond motifs is 2. The Balaban J connectivity index is 1.32. The highest BCUT2D eigenvalue weighted by molar-refractivity contribution is 5.89. The molecule has 0 unspecified atom stereocenters. The molecule has 7 nitrogen and oxygen atoms in total. The van der Waals surface area contributed by atoms with E-state index in [1.807, 2.05) is 4.52 Å². The van der Waals surface area contributed by atoms with Gasteiger partial charge in [-0.1, -0.05) is 20.8 Å². The van der Waals surface area contributed by atoms with E-state index >= 15 is 0 Å². The van der Waals surface area contributed by atoms with Gasteiger partial charge in [-0.05, 0) is 62.9 Å². The molecule has 1 aliphatic carbocycles. The summed E-state index contributed by atoms with van der Waals surface area (Å²) in [4.78, 5) is 15.9. The van der Waals surface area contributed by atoms with Crippen LogP contribution in [-0.2, 0) is 4.74 Å². The molecular formula is C28H36N6O. The first-order chi connectivity index (χ1) is 16.7. The molecule has 4 aromatic rings. The number of aryl methyl sites for hydroxylation is 1. The molecule has 4 aromatic heterocycles. The van der Waals surface area contributed by atoms with Gasteiger partial charge in [0.05, 0.1) is 29.9 Å². The molecular weight excluding hydrogens is 436 g/mol. The third-order valence-electron chi connectivity index (χ3n) is 8.36. The maximum Gasteiger partial charge on any atom is 0.158 e. The van der Waals surface area contributed by atoms with Crippen LogP contribution >= 0.6 is 0 Å². The Kier molecular flexibility index (Phi) is 5.27. The van der Waals surface area contributed by atoms with Crippen molar-refractivity contribution in [1.29, 1.82) is 0 Å². The van der Waals surface area contributed by atoms with Crippen molar-refractivity contribution in [1.82, 2.24) is 29.5 Å². The first-order valence-corrected chi connectivity index (χ1v) is 12.8. The van der Waals surface area contributed by atoms with E-state index in [4.69, 9.17) is 9.72 Å². The first kappa shape index (κ1) is 22.7. The minimum Gasteiger partial charge on any atom is -0.380 e. The lowest BCUT2D eigenvalue weighted by Crippen LogP contribution is -2.52. The van der Waals surface area contributed by atoms with Crippen molar-refractivity contribution in [3.63, 3.8) is 0 Å². The highest BCUT2D eigenvalue weighted by Crippen LogP contribution is 2.42. The quantitative estimate of drug-likeness (QED) is 0.416. The van der Waals surface area contributed by atoms with Crippen LogP contribution in [0.25, 0.3) is 27.9 Å². The molecule has 1 saturated carbocycles. The molecule has 0 spiro atoms. The van der Waals surface area contributed by atoms with E-state index in [0.717, 1.165) is 47.7 Å². The van der Waals surface area contributed by atoms with E-state index in [2.05, 4.69) is 80.0 Å². The normalized spacial score (nSPS) is 21.7. The third kappa shape index (κ3) is 3.67. The molecule has 0 amide bonds. The maximum absolute atomic E-state index is 5.45. The van der Waals surface area contributed by atoms with Gasteiger partial charge in [-0.2, -0.15) is 5.10 Å². The maximum atomic E-state index is 5.45. The topological polar surface area (TPSA) is 71.3 Å². The van der Waals surface area contributed by atoms with Gasteiger partial charge in [-0.25, -0.2) is 9.50 Å². The van der Waals surface area contributed by atoms with Crippen molar-refractivity contribution in [2.75, 3.05) is 26.8 Å². The summed E-state index contributed by atoms with van der Waals surface area (Å²) in [6.45, 7) is 14.0. The van der Waals surface area contributed by atoms with Gasteiger partial charge >= 0.3 is 0 Å². The minimum absolute atomic E-state index is 0.330. The van der Waals surface area contributed by atoms with Crippen LogP contribution in [0, 0.1) is 19.3 Å². The van der Waals surface area contributed by atoms with Crippen molar-refractivity contribution in [2.24, 2.45) is 5.41 Å². The SMILES string of the molecule is Cc1c(-c2[nH]c3ccc(C4CC(N(C)CC5(C)COC5)C4)nc3c2C(C)C)cn2ncnc2c1C. The average molecular weight is 473 g/mol. The van der Waals surface area contributed by atoms with Crippen molar-refractivity contribution >= 4 is 16.7 Å². The number of aromatic nitrogens is 5. The Morgan fingerprint density at radius 2 is 1.97 bits per heavy atom. The fourth-order valence-electron chi connectivity index (χ4n) is 6.02. The second kappa shape index (κ2) is 8.14. The Morgan fingerprint density at radius 1 is 1.20 bits per heavy atom. The van der Waals surface area contributed by atoms with Crippen LogP contribution in [0.1, 0.15) is 67.8 Å². The summed E-state index contributed by atoms with van der Waals surface area (Å²) in [5.74, 6) is 0.879. The average Bonchev–Trinajstić information content (AvgIpc) is 3.38. The third-order valence-corrected chi connectivity index (χ3v) is 8.36. The Morgan fingerprint density at radius 3 is 2.66 bits per heavy atom.